The van der Waals surface area contributed by atoms with Crippen molar-refractivity contribution in [3.05, 3.63) is 0 Å². The number of hydrogen-bond donors (Lipinski definition) is 1. The molecular formula is C13H26N2. The van der Waals surface area contributed by atoms with E-state index in [9.17, 15) is 0 Å². The van der Waals surface area contributed by atoms with Gasteiger partial charge in [0.05, 0.1) is 0 Å². The fourth-order valence-corrected chi connectivity index (χ4v) is 2.70. The maximum Gasteiger partial charge on any atom is 0.00191 e. The van der Waals surface area contributed by atoms with Crippen LogP contribution in [0.4, 0.5) is 0 Å². The molecule has 0 aromatic heterocycles. The third-order valence-electron chi connectivity index (χ3n) is 3.92. The summed E-state index contributed by atoms with van der Waals surface area (Å²) in [5.41, 5.74) is 0. The van der Waals surface area contributed by atoms with Gasteiger partial charge in [0, 0.05) is 6.54 Å². The quantitative estimate of drug-likeness (QED) is 0.722. The molecule has 2 heteroatoms. The first-order valence-electron chi connectivity index (χ1n) is 6.77. The van der Waals surface area contributed by atoms with Gasteiger partial charge < -0.3 is 10.2 Å². The molecule has 0 spiro atoms. The van der Waals surface area contributed by atoms with Crippen molar-refractivity contribution in [3.63, 3.8) is 0 Å². The highest BCUT2D eigenvalue weighted by molar-refractivity contribution is 4.74. The van der Waals surface area contributed by atoms with Gasteiger partial charge >= 0.3 is 0 Å². The van der Waals surface area contributed by atoms with E-state index < -0.39 is 0 Å². The van der Waals surface area contributed by atoms with Crippen molar-refractivity contribution in [1.29, 1.82) is 0 Å². The minimum Gasteiger partial charge on any atom is -0.316 e. The molecule has 0 amide bonds. The van der Waals surface area contributed by atoms with Crippen LogP contribution < -0.4 is 5.32 Å². The smallest absolute Gasteiger partial charge is 0.00191 e. The van der Waals surface area contributed by atoms with E-state index in [1.54, 1.807) is 0 Å². The molecule has 1 atom stereocenters. The molecule has 1 aliphatic carbocycles. The molecule has 2 fully saturated rings. The van der Waals surface area contributed by atoms with E-state index in [1.807, 2.05) is 0 Å². The second kappa shape index (κ2) is 5.86. The Kier molecular flexibility index (Phi) is 4.45. The average Bonchev–Trinajstić information content (AvgIpc) is 2.62. The van der Waals surface area contributed by atoms with E-state index in [1.165, 1.54) is 64.8 Å². The van der Waals surface area contributed by atoms with Gasteiger partial charge in [0.15, 0.2) is 0 Å². The Hall–Kier alpha value is -0.0800. The normalized spacial score (nSPS) is 25.4. The summed E-state index contributed by atoms with van der Waals surface area (Å²) in [5.74, 6) is 1.83. The molecule has 0 aromatic carbocycles. The lowest BCUT2D eigenvalue weighted by Gasteiger charge is -2.27. The molecule has 1 aliphatic heterocycles. The number of hydrogen-bond acceptors (Lipinski definition) is 2. The average molecular weight is 210 g/mol. The Morgan fingerprint density at radius 3 is 2.53 bits per heavy atom. The molecule has 1 unspecified atom stereocenters. The Balaban J connectivity index is 1.49. The SMILES string of the molecule is CC(CNCC1CCC1)CN1CCCC1. The predicted octanol–water partition coefficient (Wildman–Crippen LogP) is 2.11. The van der Waals surface area contributed by atoms with Crippen LogP contribution in [0.1, 0.15) is 39.0 Å². The summed E-state index contributed by atoms with van der Waals surface area (Å²) >= 11 is 0. The zero-order valence-electron chi connectivity index (χ0n) is 10.2. The highest BCUT2D eigenvalue weighted by atomic mass is 15.1. The number of nitrogens with zero attached hydrogens (tertiary/aromatic N) is 1. The molecule has 0 bridgehead atoms. The summed E-state index contributed by atoms with van der Waals surface area (Å²) in [6, 6.07) is 0. The lowest BCUT2D eigenvalue weighted by atomic mass is 9.85. The van der Waals surface area contributed by atoms with Crippen LogP contribution >= 0.6 is 0 Å². The zero-order chi connectivity index (χ0) is 10.5. The molecule has 2 nitrogen and oxygen atoms in total. The number of nitrogens with one attached hydrogen (secondary N) is 1. The number of likely N-dealkylation sites (tertiary alicyclic amines) is 1. The van der Waals surface area contributed by atoms with E-state index in [0.717, 1.165) is 11.8 Å². The van der Waals surface area contributed by atoms with Crippen molar-refractivity contribution in [1.82, 2.24) is 10.2 Å². The number of rotatable bonds is 6. The molecule has 2 rings (SSSR count). The van der Waals surface area contributed by atoms with Gasteiger partial charge in [-0.1, -0.05) is 13.3 Å². The van der Waals surface area contributed by atoms with Crippen LogP contribution in [0.2, 0.25) is 0 Å². The molecule has 1 heterocycles. The highest BCUT2D eigenvalue weighted by Crippen LogP contribution is 2.25. The van der Waals surface area contributed by atoms with Crippen LogP contribution in [0, 0.1) is 11.8 Å². The van der Waals surface area contributed by atoms with Gasteiger partial charge in [-0.2, -0.15) is 0 Å². The summed E-state index contributed by atoms with van der Waals surface area (Å²) < 4.78 is 0. The summed E-state index contributed by atoms with van der Waals surface area (Å²) in [6.45, 7) is 8.85. The first-order valence-corrected chi connectivity index (χ1v) is 6.77. The molecule has 1 saturated carbocycles. The molecule has 2 aliphatic rings. The molecule has 0 aromatic rings. The lowest BCUT2D eigenvalue weighted by Crippen LogP contribution is -2.34. The summed E-state index contributed by atoms with van der Waals surface area (Å²) in [4.78, 5) is 2.62. The second-order valence-electron chi connectivity index (χ2n) is 5.57. The topological polar surface area (TPSA) is 15.3 Å². The first-order chi connectivity index (χ1) is 7.34. The van der Waals surface area contributed by atoms with Gasteiger partial charge in [-0.15, -0.1) is 0 Å². The monoisotopic (exact) mass is 210 g/mol. The molecule has 0 radical (unpaired) electrons. The zero-order valence-corrected chi connectivity index (χ0v) is 10.2. The van der Waals surface area contributed by atoms with Crippen molar-refractivity contribution < 1.29 is 0 Å². The van der Waals surface area contributed by atoms with Gasteiger partial charge in [-0.3, -0.25) is 0 Å². The predicted molar refractivity (Wildman–Crippen MR) is 65.0 cm³/mol. The standard InChI is InChI=1S/C13H26N2/c1-12(11-15-7-2-3-8-15)9-14-10-13-5-4-6-13/h12-14H,2-11H2,1H3. The Morgan fingerprint density at radius 1 is 1.20 bits per heavy atom. The van der Waals surface area contributed by atoms with Crippen molar-refractivity contribution in [2.24, 2.45) is 11.8 Å². The van der Waals surface area contributed by atoms with Crippen molar-refractivity contribution in [3.8, 4) is 0 Å². The van der Waals surface area contributed by atoms with Crippen LogP contribution in [0.3, 0.4) is 0 Å². The fraction of sp³-hybridized carbons (Fsp3) is 1.00. The second-order valence-corrected chi connectivity index (χ2v) is 5.57. The minimum atomic E-state index is 0.822. The summed E-state index contributed by atoms with van der Waals surface area (Å²) in [7, 11) is 0. The van der Waals surface area contributed by atoms with Crippen molar-refractivity contribution >= 4 is 0 Å². The van der Waals surface area contributed by atoms with Crippen LogP contribution in [-0.4, -0.2) is 37.6 Å². The van der Waals surface area contributed by atoms with Crippen LogP contribution in [0.5, 0.6) is 0 Å². The van der Waals surface area contributed by atoms with Gasteiger partial charge in [0.25, 0.3) is 0 Å². The maximum atomic E-state index is 3.63. The Labute approximate surface area is 94.4 Å². The fourth-order valence-electron chi connectivity index (χ4n) is 2.70. The van der Waals surface area contributed by atoms with Gasteiger partial charge in [0.2, 0.25) is 0 Å². The van der Waals surface area contributed by atoms with E-state index in [4.69, 9.17) is 0 Å². The van der Waals surface area contributed by atoms with Gasteiger partial charge in [-0.05, 0) is 63.7 Å². The largest absolute Gasteiger partial charge is 0.316 e. The molecule has 1 N–H and O–H groups in total. The van der Waals surface area contributed by atoms with E-state index >= 15 is 0 Å². The van der Waals surface area contributed by atoms with Gasteiger partial charge in [0.1, 0.15) is 0 Å². The van der Waals surface area contributed by atoms with Crippen molar-refractivity contribution in [2.75, 3.05) is 32.7 Å². The third-order valence-corrected chi connectivity index (χ3v) is 3.92. The first kappa shape index (κ1) is 11.4. The Morgan fingerprint density at radius 2 is 1.93 bits per heavy atom. The van der Waals surface area contributed by atoms with Crippen LogP contribution in [0.25, 0.3) is 0 Å². The molecule has 15 heavy (non-hydrogen) atoms. The third kappa shape index (κ3) is 3.76. The van der Waals surface area contributed by atoms with Crippen molar-refractivity contribution in [2.45, 2.75) is 39.0 Å². The molecule has 1 saturated heterocycles. The van der Waals surface area contributed by atoms with E-state index in [2.05, 4.69) is 17.1 Å². The van der Waals surface area contributed by atoms with E-state index in [-0.39, 0.29) is 0 Å². The maximum absolute atomic E-state index is 3.63. The lowest BCUT2D eigenvalue weighted by molar-refractivity contribution is 0.264. The van der Waals surface area contributed by atoms with Crippen LogP contribution in [0.15, 0.2) is 0 Å². The van der Waals surface area contributed by atoms with Crippen LogP contribution in [-0.2, 0) is 0 Å². The molecule has 88 valence electrons. The Bertz CT molecular complexity index is 171. The minimum absolute atomic E-state index is 0.822. The highest BCUT2D eigenvalue weighted by Gasteiger charge is 2.18. The van der Waals surface area contributed by atoms with E-state index in [0.29, 0.717) is 0 Å². The summed E-state index contributed by atoms with van der Waals surface area (Å²) in [5, 5.41) is 3.63. The molecular weight excluding hydrogens is 184 g/mol. The van der Waals surface area contributed by atoms with Gasteiger partial charge in [-0.25, -0.2) is 0 Å². The summed E-state index contributed by atoms with van der Waals surface area (Å²) in [6.07, 6.45) is 7.24.